The van der Waals surface area contributed by atoms with E-state index >= 15 is 0 Å². The molecule has 3 atom stereocenters. The summed E-state index contributed by atoms with van der Waals surface area (Å²) >= 11 is 0. The van der Waals surface area contributed by atoms with Crippen molar-refractivity contribution in [2.24, 2.45) is 5.73 Å². The number of ether oxygens (including phenoxy) is 1. The molecule has 0 radical (unpaired) electrons. The predicted molar refractivity (Wildman–Crippen MR) is 57.4 cm³/mol. The first-order valence-corrected chi connectivity index (χ1v) is 5.76. The normalized spacial score (nSPS) is 33.9. The molecule has 0 saturated carbocycles. The molecule has 2 fully saturated rings. The summed E-state index contributed by atoms with van der Waals surface area (Å²) in [7, 11) is 0. The Morgan fingerprint density at radius 1 is 1.47 bits per heavy atom. The van der Waals surface area contributed by atoms with E-state index in [1.807, 2.05) is 18.7 Å². The number of nitrogens with two attached hydrogens (primary N) is 1. The highest BCUT2D eigenvalue weighted by Gasteiger charge is 2.39. The monoisotopic (exact) mass is 212 g/mol. The Bertz CT molecular complexity index is 253. The van der Waals surface area contributed by atoms with Crippen LogP contribution in [0.4, 0.5) is 0 Å². The van der Waals surface area contributed by atoms with E-state index in [1.54, 1.807) is 0 Å². The van der Waals surface area contributed by atoms with Gasteiger partial charge in [-0.15, -0.1) is 0 Å². The van der Waals surface area contributed by atoms with Gasteiger partial charge in [0.2, 0.25) is 5.91 Å². The first kappa shape index (κ1) is 10.9. The minimum atomic E-state index is -0.712. The molecular formula is C11H20N2O2. The maximum Gasteiger partial charge on any atom is 0.242 e. The second-order valence-corrected chi connectivity index (χ2v) is 4.94. The van der Waals surface area contributed by atoms with Gasteiger partial charge in [-0.3, -0.25) is 4.79 Å². The van der Waals surface area contributed by atoms with Crippen molar-refractivity contribution in [1.82, 2.24) is 4.90 Å². The summed E-state index contributed by atoms with van der Waals surface area (Å²) in [4.78, 5) is 14.0. The third-order valence-electron chi connectivity index (χ3n) is 3.55. The molecule has 2 bridgehead atoms. The Balaban J connectivity index is 2.03. The van der Waals surface area contributed by atoms with Crippen LogP contribution in [0.15, 0.2) is 0 Å². The van der Waals surface area contributed by atoms with Crippen LogP contribution in [0.25, 0.3) is 0 Å². The molecule has 3 unspecified atom stereocenters. The summed E-state index contributed by atoms with van der Waals surface area (Å²) in [5.41, 5.74) is 5.26. The number of carbonyl (C=O) groups excluding carboxylic acids is 1. The molecule has 4 nitrogen and oxygen atoms in total. The van der Waals surface area contributed by atoms with E-state index < -0.39 is 5.54 Å². The molecular weight excluding hydrogens is 192 g/mol. The molecule has 15 heavy (non-hydrogen) atoms. The highest BCUT2D eigenvalue weighted by atomic mass is 16.5. The summed E-state index contributed by atoms with van der Waals surface area (Å²) in [6.07, 6.45) is 3.35. The zero-order chi connectivity index (χ0) is 11.1. The maximum atomic E-state index is 12.1. The van der Waals surface area contributed by atoms with Gasteiger partial charge in [0.25, 0.3) is 0 Å². The smallest absolute Gasteiger partial charge is 0.242 e. The van der Waals surface area contributed by atoms with Crippen molar-refractivity contribution in [2.75, 3.05) is 13.1 Å². The quantitative estimate of drug-likeness (QED) is 0.725. The van der Waals surface area contributed by atoms with Crippen LogP contribution in [0.3, 0.4) is 0 Å². The van der Waals surface area contributed by atoms with Crippen LogP contribution < -0.4 is 5.73 Å². The van der Waals surface area contributed by atoms with E-state index in [0.717, 1.165) is 25.9 Å². The number of hydrogen-bond acceptors (Lipinski definition) is 3. The average Bonchev–Trinajstić information content (AvgIpc) is 2.56. The van der Waals surface area contributed by atoms with Crippen molar-refractivity contribution >= 4 is 5.91 Å². The van der Waals surface area contributed by atoms with Gasteiger partial charge in [-0.2, -0.15) is 0 Å². The molecule has 2 aliphatic rings. The van der Waals surface area contributed by atoms with Gasteiger partial charge in [0.1, 0.15) is 0 Å². The third kappa shape index (κ3) is 2.01. The van der Waals surface area contributed by atoms with Crippen LogP contribution in [0, 0.1) is 0 Å². The molecule has 2 aliphatic heterocycles. The summed E-state index contributed by atoms with van der Waals surface area (Å²) in [5.74, 6) is 0.0743. The fraction of sp³-hybridized carbons (Fsp3) is 0.909. The first-order chi connectivity index (χ1) is 7.03. The van der Waals surface area contributed by atoms with E-state index in [0.29, 0.717) is 6.42 Å². The Hall–Kier alpha value is -0.610. The topological polar surface area (TPSA) is 55.6 Å². The lowest BCUT2D eigenvalue weighted by molar-refractivity contribution is -0.145. The second-order valence-electron chi connectivity index (χ2n) is 4.94. The second kappa shape index (κ2) is 3.76. The van der Waals surface area contributed by atoms with Crippen molar-refractivity contribution in [3.8, 4) is 0 Å². The molecule has 0 spiro atoms. The molecule has 0 aromatic heterocycles. The SMILES string of the molecule is CCC(C)(N)C(=O)N1CC2CCC(C1)O2. The average molecular weight is 212 g/mol. The van der Waals surface area contributed by atoms with Crippen LogP contribution in [0.2, 0.25) is 0 Å². The summed E-state index contributed by atoms with van der Waals surface area (Å²) in [6.45, 7) is 5.21. The Morgan fingerprint density at radius 2 is 2.00 bits per heavy atom. The van der Waals surface area contributed by atoms with Crippen LogP contribution in [-0.2, 0) is 9.53 Å². The highest BCUT2D eigenvalue weighted by Crippen LogP contribution is 2.27. The van der Waals surface area contributed by atoms with E-state index in [9.17, 15) is 4.79 Å². The minimum Gasteiger partial charge on any atom is -0.371 e. The Morgan fingerprint density at radius 3 is 2.47 bits per heavy atom. The molecule has 0 aromatic rings. The summed E-state index contributed by atoms with van der Waals surface area (Å²) in [6, 6.07) is 0. The zero-order valence-corrected chi connectivity index (χ0v) is 9.53. The van der Waals surface area contributed by atoms with Crippen LogP contribution in [0.1, 0.15) is 33.1 Å². The van der Waals surface area contributed by atoms with Crippen LogP contribution >= 0.6 is 0 Å². The standard InChI is InChI=1S/C11H20N2O2/c1-3-11(2,12)10(14)13-6-8-4-5-9(7-13)15-8/h8-9H,3-7,12H2,1-2H3. The number of fused-ring (bicyclic) bond motifs is 2. The van der Waals surface area contributed by atoms with Gasteiger partial charge in [0.05, 0.1) is 17.7 Å². The third-order valence-corrected chi connectivity index (χ3v) is 3.55. The number of morpholine rings is 1. The first-order valence-electron chi connectivity index (χ1n) is 5.76. The number of nitrogens with zero attached hydrogens (tertiary/aromatic N) is 1. The van der Waals surface area contributed by atoms with Crippen molar-refractivity contribution in [2.45, 2.75) is 50.9 Å². The lowest BCUT2D eigenvalue weighted by atomic mass is 9.98. The van der Waals surface area contributed by atoms with E-state index in [2.05, 4.69) is 0 Å². The predicted octanol–water partition coefficient (Wildman–Crippen LogP) is 0.504. The maximum absolute atomic E-state index is 12.1. The minimum absolute atomic E-state index is 0.0743. The Labute approximate surface area is 90.8 Å². The van der Waals surface area contributed by atoms with Gasteiger partial charge in [0.15, 0.2) is 0 Å². The van der Waals surface area contributed by atoms with Gasteiger partial charge in [-0.05, 0) is 26.2 Å². The Kier molecular flexibility index (Phi) is 2.73. The van der Waals surface area contributed by atoms with Crippen molar-refractivity contribution in [3.63, 3.8) is 0 Å². The molecule has 4 heteroatoms. The molecule has 0 aromatic carbocycles. The van der Waals surface area contributed by atoms with Gasteiger partial charge in [-0.1, -0.05) is 6.92 Å². The number of carbonyl (C=O) groups is 1. The largest absolute Gasteiger partial charge is 0.371 e. The number of hydrogen-bond donors (Lipinski definition) is 1. The molecule has 0 aliphatic carbocycles. The lowest BCUT2D eigenvalue weighted by Crippen LogP contribution is -2.57. The zero-order valence-electron chi connectivity index (χ0n) is 9.53. The molecule has 86 valence electrons. The van der Waals surface area contributed by atoms with Gasteiger partial charge < -0.3 is 15.4 Å². The number of likely N-dealkylation sites (tertiary alicyclic amines) is 1. The molecule has 2 heterocycles. The van der Waals surface area contributed by atoms with Crippen molar-refractivity contribution < 1.29 is 9.53 Å². The van der Waals surface area contributed by atoms with E-state index in [4.69, 9.17) is 10.5 Å². The summed E-state index contributed by atoms with van der Waals surface area (Å²) in [5, 5.41) is 0. The number of amides is 1. The van der Waals surface area contributed by atoms with Crippen molar-refractivity contribution in [3.05, 3.63) is 0 Å². The summed E-state index contributed by atoms with van der Waals surface area (Å²) < 4.78 is 5.69. The van der Waals surface area contributed by atoms with Gasteiger partial charge >= 0.3 is 0 Å². The molecule has 1 amide bonds. The molecule has 2 N–H and O–H groups in total. The fourth-order valence-corrected chi connectivity index (χ4v) is 2.29. The fourth-order valence-electron chi connectivity index (χ4n) is 2.29. The molecule has 2 rings (SSSR count). The van der Waals surface area contributed by atoms with Gasteiger partial charge in [0, 0.05) is 13.1 Å². The number of rotatable bonds is 2. The van der Waals surface area contributed by atoms with Crippen molar-refractivity contribution in [1.29, 1.82) is 0 Å². The van der Waals surface area contributed by atoms with Crippen LogP contribution in [-0.4, -0.2) is 41.6 Å². The lowest BCUT2D eigenvalue weighted by Gasteiger charge is -2.36. The van der Waals surface area contributed by atoms with E-state index in [1.165, 1.54) is 0 Å². The van der Waals surface area contributed by atoms with Crippen LogP contribution in [0.5, 0.6) is 0 Å². The van der Waals surface area contributed by atoms with E-state index in [-0.39, 0.29) is 18.1 Å². The highest BCUT2D eigenvalue weighted by molar-refractivity contribution is 5.85. The molecule has 2 saturated heterocycles. The van der Waals surface area contributed by atoms with Gasteiger partial charge in [-0.25, -0.2) is 0 Å².